The van der Waals surface area contributed by atoms with Crippen molar-refractivity contribution in [1.82, 2.24) is 0 Å². The van der Waals surface area contributed by atoms with Crippen LogP contribution < -0.4 is 4.74 Å². The predicted octanol–water partition coefficient (Wildman–Crippen LogP) is 4.68. The van der Waals surface area contributed by atoms with Crippen LogP contribution >= 0.6 is 0 Å². The Morgan fingerprint density at radius 3 is 1.76 bits per heavy atom. The number of rotatable bonds is 3. The maximum Gasteiger partial charge on any atom is 0.427 e. The highest BCUT2D eigenvalue weighted by atomic mass is 19.3. The van der Waals surface area contributed by atoms with Crippen molar-refractivity contribution < 1.29 is 31.1 Å². The quantitative estimate of drug-likeness (QED) is 0.748. The summed E-state index contributed by atoms with van der Waals surface area (Å²) in [6.45, 7) is 1.36. The summed E-state index contributed by atoms with van der Waals surface area (Å²) in [7, 11) is 0. The molecule has 0 N–H and O–H groups in total. The lowest BCUT2D eigenvalue weighted by molar-refractivity contribution is -0.188. The summed E-state index contributed by atoms with van der Waals surface area (Å²) in [6.07, 6.45) is -4.31. The zero-order chi connectivity index (χ0) is 15.8. The second kappa shape index (κ2) is 5.31. The Labute approximate surface area is 115 Å². The van der Waals surface area contributed by atoms with Gasteiger partial charge in [0.2, 0.25) is 0 Å². The third-order valence-corrected chi connectivity index (χ3v) is 2.57. The van der Waals surface area contributed by atoms with Gasteiger partial charge in [0, 0.05) is 6.07 Å². The van der Waals surface area contributed by atoms with Crippen LogP contribution in [0.4, 0.5) is 26.3 Å². The molecule has 0 aliphatic carbocycles. The van der Waals surface area contributed by atoms with E-state index in [0.717, 1.165) is 12.1 Å². The standard InChI is InChI=1S/C14H8F6O/c1-7-2-11(17)13(12(18)3-7)21-14(19,20)8-4-9(15)6-10(16)5-8/h2-6H,1H3. The summed E-state index contributed by atoms with van der Waals surface area (Å²) in [6, 6.07) is 2.59. The predicted molar refractivity (Wildman–Crippen MR) is 62.0 cm³/mol. The molecule has 112 valence electrons. The molecule has 1 nitrogen and oxygen atoms in total. The summed E-state index contributed by atoms with van der Waals surface area (Å²) >= 11 is 0. The van der Waals surface area contributed by atoms with Gasteiger partial charge in [-0.3, -0.25) is 0 Å². The monoisotopic (exact) mass is 306 g/mol. The number of hydrogen-bond donors (Lipinski definition) is 0. The van der Waals surface area contributed by atoms with Gasteiger partial charge in [-0.2, -0.15) is 8.78 Å². The molecule has 2 rings (SSSR count). The Kier molecular flexibility index (Phi) is 3.85. The van der Waals surface area contributed by atoms with Crippen molar-refractivity contribution in [3.8, 4) is 5.75 Å². The molecular formula is C14H8F6O. The molecule has 0 spiro atoms. The first-order chi connectivity index (χ1) is 9.69. The van der Waals surface area contributed by atoms with E-state index in [0.29, 0.717) is 18.2 Å². The molecule has 2 aromatic carbocycles. The second-order valence-corrected chi connectivity index (χ2v) is 4.33. The van der Waals surface area contributed by atoms with Gasteiger partial charge in [0.05, 0.1) is 5.56 Å². The zero-order valence-electron chi connectivity index (χ0n) is 10.6. The number of aryl methyl sites for hydroxylation is 1. The van der Waals surface area contributed by atoms with Crippen molar-refractivity contribution in [3.63, 3.8) is 0 Å². The van der Waals surface area contributed by atoms with E-state index < -0.39 is 40.7 Å². The van der Waals surface area contributed by atoms with Crippen molar-refractivity contribution in [3.05, 3.63) is 64.7 Å². The average molecular weight is 306 g/mol. The van der Waals surface area contributed by atoms with Gasteiger partial charge in [0.15, 0.2) is 17.4 Å². The van der Waals surface area contributed by atoms with Crippen LogP contribution in [-0.2, 0) is 6.11 Å². The van der Waals surface area contributed by atoms with Gasteiger partial charge < -0.3 is 4.74 Å². The highest BCUT2D eigenvalue weighted by Crippen LogP contribution is 2.35. The first-order valence-electron chi connectivity index (χ1n) is 5.68. The zero-order valence-corrected chi connectivity index (χ0v) is 10.6. The highest BCUT2D eigenvalue weighted by molar-refractivity contribution is 5.32. The maximum atomic E-state index is 13.8. The first-order valence-corrected chi connectivity index (χ1v) is 5.68. The molecule has 0 bridgehead atoms. The first kappa shape index (κ1) is 15.2. The van der Waals surface area contributed by atoms with Gasteiger partial charge in [-0.15, -0.1) is 0 Å². The molecule has 7 heteroatoms. The summed E-state index contributed by atoms with van der Waals surface area (Å²) in [5, 5.41) is 0. The van der Waals surface area contributed by atoms with Gasteiger partial charge >= 0.3 is 6.11 Å². The SMILES string of the molecule is Cc1cc(F)c(OC(F)(F)c2cc(F)cc(F)c2)c(F)c1. The van der Waals surface area contributed by atoms with E-state index in [1.165, 1.54) is 6.92 Å². The fourth-order valence-corrected chi connectivity index (χ4v) is 1.69. The van der Waals surface area contributed by atoms with Crippen molar-refractivity contribution in [2.24, 2.45) is 0 Å². The van der Waals surface area contributed by atoms with Gasteiger partial charge in [0.1, 0.15) is 11.6 Å². The van der Waals surface area contributed by atoms with Gasteiger partial charge in [-0.05, 0) is 36.8 Å². The molecule has 0 saturated heterocycles. The van der Waals surface area contributed by atoms with E-state index in [1.807, 2.05) is 0 Å². The highest BCUT2D eigenvalue weighted by Gasteiger charge is 2.37. The Morgan fingerprint density at radius 2 is 1.29 bits per heavy atom. The molecule has 0 fully saturated rings. The Morgan fingerprint density at radius 1 is 0.810 bits per heavy atom. The van der Waals surface area contributed by atoms with E-state index in [1.54, 1.807) is 0 Å². The van der Waals surface area contributed by atoms with Crippen LogP contribution in [0.1, 0.15) is 11.1 Å². The van der Waals surface area contributed by atoms with E-state index >= 15 is 0 Å². The normalized spacial score (nSPS) is 11.6. The fraction of sp³-hybridized carbons (Fsp3) is 0.143. The minimum absolute atomic E-state index is 0.164. The van der Waals surface area contributed by atoms with Crippen molar-refractivity contribution >= 4 is 0 Å². The smallest absolute Gasteiger partial charge is 0.423 e. The van der Waals surface area contributed by atoms with E-state index in [-0.39, 0.29) is 5.56 Å². The van der Waals surface area contributed by atoms with Gasteiger partial charge in [-0.1, -0.05) is 0 Å². The molecule has 2 aromatic rings. The molecule has 0 heterocycles. The third-order valence-electron chi connectivity index (χ3n) is 2.57. The van der Waals surface area contributed by atoms with Crippen molar-refractivity contribution in [2.45, 2.75) is 13.0 Å². The summed E-state index contributed by atoms with van der Waals surface area (Å²) in [5.41, 5.74) is -1.03. The third kappa shape index (κ3) is 3.29. The average Bonchev–Trinajstić information content (AvgIpc) is 2.32. The molecule has 0 saturated carbocycles. The van der Waals surface area contributed by atoms with Gasteiger partial charge in [0.25, 0.3) is 0 Å². The van der Waals surface area contributed by atoms with Crippen LogP contribution in [0.5, 0.6) is 5.75 Å². The van der Waals surface area contributed by atoms with Crippen LogP contribution in [0.25, 0.3) is 0 Å². The molecule has 0 atom stereocenters. The van der Waals surface area contributed by atoms with E-state index in [4.69, 9.17) is 0 Å². The van der Waals surface area contributed by atoms with Crippen LogP contribution in [-0.4, -0.2) is 0 Å². The molecule has 21 heavy (non-hydrogen) atoms. The molecule has 0 radical (unpaired) electrons. The Hall–Kier alpha value is -2.18. The van der Waals surface area contributed by atoms with Crippen molar-refractivity contribution in [2.75, 3.05) is 0 Å². The number of ether oxygens (including phenoxy) is 1. The van der Waals surface area contributed by atoms with Crippen LogP contribution in [0.2, 0.25) is 0 Å². The van der Waals surface area contributed by atoms with E-state index in [9.17, 15) is 26.3 Å². The topological polar surface area (TPSA) is 9.23 Å². The van der Waals surface area contributed by atoms with Crippen LogP contribution in [0.3, 0.4) is 0 Å². The number of hydrogen-bond acceptors (Lipinski definition) is 1. The molecule has 0 aliphatic heterocycles. The minimum Gasteiger partial charge on any atom is -0.423 e. The summed E-state index contributed by atoms with van der Waals surface area (Å²) in [5.74, 6) is -6.54. The summed E-state index contributed by atoms with van der Waals surface area (Å²) < 4.78 is 84.3. The molecule has 0 amide bonds. The Bertz CT molecular complexity index is 640. The number of alkyl halides is 2. The van der Waals surface area contributed by atoms with Gasteiger partial charge in [-0.25, -0.2) is 17.6 Å². The van der Waals surface area contributed by atoms with Crippen molar-refractivity contribution in [1.29, 1.82) is 0 Å². The van der Waals surface area contributed by atoms with E-state index in [2.05, 4.69) is 4.74 Å². The largest absolute Gasteiger partial charge is 0.427 e. The number of benzene rings is 2. The second-order valence-electron chi connectivity index (χ2n) is 4.33. The van der Waals surface area contributed by atoms with Crippen LogP contribution in [0, 0.1) is 30.2 Å². The fourth-order valence-electron chi connectivity index (χ4n) is 1.69. The maximum absolute atomic E-state index is 13.8. The molecule has 0 aromatic heterocycles. The lowest BCUT2D eigenvalue weighted by atomic mass is 10.2. The molecule has 0 unspecified atom stereocenters. The molecular weight excluding hydrogens is 298 g/mol. The Balaban J connectivity index is 2.41. The summed E-state index contributed by atoms with van der Waals surface area (Å²) in [4.78, 5) is 0. The lowest BCUT2D eigenvalue weighted by Crippen LogP contribution is -2.23. The molecule has 0 aliphatic rings. The van der Waals surface area contributed by atoms with Crippen LogP contribution in [0.15, 0.2) is 30.3 Å². The lowest BCUT2D eigenvalue weighted by Gasteiger charge is -2.19. The minimum atomic E-state index is -4.31. The number of halogens is 6.